The van der Waals surface area contributed by atoms with Crippen molar-refractivity contribution in [1.29, 1.82) is 0 Å². The average molecular weight is 367 g/mol. The van der Waals surface area contributed by atoms with Gasteiger partial charge in [-0.3, -0.25) is 4.79 Å². The zero-order chi connectivity index (χ0) is 18.4. The summed E-state index contributed by atoms with van der Waals surface area (Å²) in [7, 11) is 0. The van der Waals surface area contributed by atoms with Gasteiger partial charge >= 0.3 is 0 Å². The Labute approximate surface area is 158 Å². The lowest BCUT2D eigenvalue weighted by Crippen LogP contribution is -2.38. The van der Waals surface area contributed by atoms with Gasteiger partial charge in [0.1, 0.15) is 17.7 Å². The molecule has 2 atom stereocenters. The Bertz CT molecular complexity index is 921. The van der Waals surface area contributed by atoms with Gasteiger partial charge in [-0.1, -0.05) is 0 Å². The molecule has 3 heterocycles. The van der Waals surface area contributed by atoms with Crippen molar-refractivity contribution in [1.82, 2.24) is 19.7 Å². The average Bonchev–Trinajstić information content (AvgIpc) is 3.41. The van der Waals surface area contributed by atoms with E-state index in [1.54, 1.807) is 10.7 Å². The van der Waals surface area contributed by atoms with Gasteiger partial charge in [0.2, 0.25) is 0 Å². The standard InChI is InChI=1S/C20H25N5O2/c1-12-8-18(23-20(21-12)13-6-7-13)22-16-10-27-11-17(16)25-19(26)9-14-4-2-3-5-15(14)24-25/h8-9,13,16-17H,2-7,10-11H2,1H3,(H,21,22,23). The number of nitrogens with one attached hydrogen (secondary N) is 1. The van der Waals surface area contributed by atoms with E-state index < -0.39 is 0 Å². The number of rotatable bonds is 4. The van der Waals surface area contributed by atoms with Gasteiger partial charge < -0.3 is 10.1 Å². The molecule has 1 aliphatic heterocycles. The van der Waals surface area contributed by atoms with Crippen LogP contribution in [-0.4, -0.2) is 39.0 Å². The van der Waals surface area contributed by atoms with Crippen molar-refractivity contribution < 1.29 is 4.74 Å². The molecule has 2 fully saturated rings. The first-order valence-corrected chi connectivity index (χ1v) is 9.99. The molecule has 2 aromatic rings. The minimum absolute atomic E-state index is 0.0295. The van der Waals surface area contributed by atoms with Crippen LogP contribution < -0.4 is 10.9 Å². The van der Waals surface area contributed by atoms with Crippen LogP contribution in [0.5, 0.6) is 0 Å². The number of aryl methyl sites for hydroxylation is 3. The van der Waals surface area contributed by atoms with E-state index in [0.717, 1.165) is 54.3 Å². The highest BCUT2D eigenvalue weighted by Crippen LogP contribution is 2.38. The van der Waals surface area contributed by atoms with Crippen LogP contribution >= 0.6 is 0 Å². The summed E-state index contributed by atoms with van der Waals surface area (Å²) >= 11 is 0. The molecule has 0 amide bonds. The van der Waals surface area contributed by atoms with Gasteiger partial charge in [-0.25, -0.2) is 14.6 Å². The van der Waals surface area contributed by atoms with Crippen LogP contribution in [0.4, 0.5) is 5.82 Å². The fourth-order valence-electron chi connectivity index (χ4n) is 4.12. The SMILES string of the molecule is Cc1cc(NC2COCC2n2nc3c(cc2=O)CCCC3)nc(C2CC2)n1. The summed E-state index contributed by atoms with van der Waals surface area (Å²) in [6, 6.07) is 3.59. The van der Waals surface area contributed by atoms with E-state index >= 15 is 0 Å². The lowest BCUT2D eigenvalue weighted by molar-refractivity contribution is 0.182. The molecule has 2 aromatic heterocycles. The van der Waals surface area contributed by atoms with Crippen molar-refractivity contribution in [3.8, 4) is 0 Å². The highest BCUT2D eigenvalue weighted by molar-refractivity contribution is 5.38. The fourth-order valence-corrected chi connectivity index (χ4v) is 4.12. The maximum atomic E-state index is 12.7. The lowest BCUT2D eigenvalue weighted by Gasteiger charge is -2.23. The van der Waals surface area contributed by atoms with E-state index in [-0.39, 0.29) is 17.6 Å². The smallest absolute Gasteiger partial charge is 0.267 e. The Hall–Kier alpha value is -2.28. The molecule has 1 saturated carbocycles. The second-order valence-corrected chi connectivity index (χ2v) is 7.99. The van der Waals surface area contributed by atoms with E-state index in [1.807, 2.05) is 13.0 Å². The fraction of sp³-hybridized carbons (Fsp3) is 0.600. The monoisotopic (exact) mass is 367 g/mol. The van der Waals surface area contributed by atoms with Crippen LogP contribution in [0.2, 0.25) is 0 Å². The molecule has 0 radical (unpaired) electrons. The third-order valence-corrected chi connectivity index (χ3v) is 5.74. The normalized spacial score (nSPS) is 24.6. The van der Waals surface area contributed by atoms with Gasteiger partial charge in [0, 0.05) is 23.7 Å². The third-order valence-electron chi connectivity index (χ3n) is 5.74. The summed E-state index contributed by atoms with van der Waals surface area (Å²) in [5.41, 5.74) is 3.12. The predicted molar refractivity (Wildman–Crippen MR) is 101 cm³/mol. The molecule has 2 aliphatic carbocycles. The lowest BCUT2D eigenvalue weighted by atomic mass is 9.97. The van der Waals surface area contributed by atoms with Crippen molar-refractivity contribution in [2.24, 2.45) is 0 Å². The first kappa shape index (κ1) is 16.9. The first-order valence-electron chi connectivity index (χ1n) is 9.99. The Kier molecular flexibility index (Phi) is 4.19. The molecule has 0 bridgehead atoms. The third kappa shape index (κ3) is 3.36. The van der Waals surface area contributed by atoms with Crippen LogP contribution in [0, 0.1) is 6.92 Å². The zero-order valence-corrected chi connectivity index (χ0v) is 15.6. The Morgan fingerprint density at radius 3 is 2.85 bits per heavy atom. The second-order valence-electron chi connectivity index (χ2n) is 7.99. The molecule has 7 nitrogen and oxygen atoms in total. The summed E-state index contributed by atoms with van der Waals surface area (Å²) in [4.78, 5) is 21.9. The van der Waals surface area contributed by atoms with Gasteiger partial charge in [0.25, 0.3) is 5.56 Å². The molecule has 142 valence electrons. The second kappa shape index (κ2) is 6.71. The van der Waals surface area contributed by atoms with Crippen molar-refractivity contribution in [2.45, 2.75) is 63.5 Å². The van der Waals surface area contributed by atoms with E-state index in [4.69, 9.17) is 14.8 Å². The van der Waals surface area contributed by atoms with Crippen molar-refractivity contribution in [2.75, 3.05) is 18.5 Å². The van der Waals surface area contributed by atoms with Crippen LogP contribution in [0.3, 0.4) is 0 Å². The number of aromatic nitrogens is 4. The molecule has 0 spiro atoms. The topological polar surface area (TPSA) is 81.9 Å². The highest BCUT2D eigenvalue weighted by Gasteiger charge is 2.33. The minimum Gasteiger partial charge on any atom is -0.377 e. The maximum absolute atomic E-state index is 12.7. The Balaban J connectivity index is 1.42. The van der Waals surface area contributed by atoms with E-state index in [1.165, 1.54) is 12.8 Å². The zero-order valence-electron chi connectivity index (χ0n) is 15.6. The van der Waals surface area contributed by atoms with Gasteiger partial charge in [0.05, 0.1) is 24.9 Å². The molecule has 3 aliphatic rings. The molecule has 1 saturated heterocycles. The van der Waals surface area contributed by atoms with E-state index in [9.17, 15) is 4.79 Å². The molecule has 27 heavy (non-hydrogen) atoms. The number of nitrogens with zero attached hydrogens (tertiary/aromatic N) is 4. The largest absolute Gasteiger partial charge is 0.377 e. The highest BCUT2D eigenvalue weighted by atomic mass is 16.5. The quantitative estimate of drug-likeness (QED) is 0.892. The first-order chi connectivity index (χ1) is 13.2. The predicted octanol–water partition coefficient (Wildman–Crippen LogP) is 2.15. The summed E-state index contributed by atoms with van der Waals surface area (Å²) in [5, 5.41) is 8.20. The Morgan fingerprint density at radius 1 is 1.15 bits per heavy atom. The number of anilines is 1. The summed E-state index contributed by atoms with van der Waals surface area (Å²) < 4.78 is 7.34. The van der Waals surface area contributed by atoms with E-state index in [0.29, 0.717) is 19.1 Å². The maximum Gasteiger partial charge on any atom is 0.267 e. The summed E-state index contributed by atoms with van der Waals surface area (Å²) in [5.74, 6) is 2.25. The van der Waals surface area contributed by atoms with Crippen molar-refractivity contribution >= 4 is 5.82 Å². The minimum atomic E-state index is -0.121. The number of hydrogen-bond acceptors (Lipinski definition) is 6. The number of hydrogen-bond donors (Lipinski definition) is 1. The Morgan fingerprint density at radius 2 is 2.00 bits per heavy atom. The van der Waals surface area contributed by atoms with Gasteiger partial charge in [-0.05, 0) is 51.0 Å². The molecule has 5 rings (SSSR count). The van der Waals surface area contributed by atoms with Gasteiger partial charge in [-0.2, -0.15) is 5.10 Å². The van der Waals surface area contributed by atoms with Crippen LogP contribution in [0.1, 0.15) is 60.4 Å². The molecule has 2 unspecified atom stereocenters. The summed E-state index contributed by atoms with van der Waals surface area (Å²) in [6.07, 6.45) is 6.55. The number of fused-ring (bicyclic) bond motifs is 1. The molecular formula is C20H25N5O2. The van der Waals surface area contributed by atoms with Gasteiger partial charge in [0.15, 0.2) is 0 Å². The van der Waals surface area contributed by atoms with Crippen LogP contribution in [0.15, 0.2) is 16.9 Å². The molecule has 7 heteroatoms. The molecule has 0 aromatic carbocycles. The van der Waals surface area contributed by atoms with Crippen LogP contribution in [0.25, 0.3) is 0 Å². The van der Waals surface area contributed by atoms with E-state index in [2.05, 4.69) is 10.3 Å². The molecular weight excluding hydrogens is 342 g/mol. The van der Waals surface area contributed by atoms with Gasteiger partial charge in [-0.15, -0.1) is 0 Å². The summed E-state index contributed by atoms with van der Waals surface area (Å²) in [6.45, 7) is 3.03. The number of ether oxygens (including phenoxy) is 1. The van der Waals surface area contributed by atoms with Crippen LogP contribution in [-0.2, 0) is 17.6 Å². The molecule has 1 N–H and O–H groups in total. The van der Waals surface area contributed by atoms with Crippen molar-refractivity contribution in [3.63, 3.8) is 0 Å². The van der Waals surface area contributed by atoms with Crippen molar-refractivity contribution in [3.05, 3.63) is 45.3 Å².